The van der Waals surface area contributed by atoms with Crippen LogP contribution in [0.25, 0.3) is 5.76 Å². The Morgan fingerprint density at radius 3 is 2.41 bits per heavy atom. The summed E-state index contributed by atoms with van der Waals surface area (Å²) in [6.45, 7) is 7.16. The van der Waals surface area contributed by atoms with Gasteiger partial charge in [0.15, 0.2) is 0 Å². The summed E-state index contributed by atoms with van der Waals surface area (Å²) in [6, 6.07) is 11.2. The first-order valence-corrected chi connectivity index (χ1v) is 12.1. The highest BCUT2D eigenvalue weighted by atomic mass is 79.9. The summed E-state index contributed by atoms with van der Waals surface area (Å²) in [7, 11) is 0. The Labute approximate surface area is 204 Å². The van der Waals surface area contributed by atoms with Crippen molar-refractivity contribution in [1.29, 1.82) is 0 Å². The molecule has 1 amide bonds. The van der Waals surface area contributed by atoms with E-state index in [1.54, 1.807) is 6.07 Å². The number of amides is 1. The van der Waals surface area contributed by atoms with Gasteiger partial charge in [-0.1, -0.05) is 57.8 Å². The molecule has 0 bridgehead atoms. The van der Waals surface area contributed by atoms with Crippen LogP contribution in [0.4, 0.5) is 0 Å². The van der Waals surface area contributed by atoms with Crippen molar-refractivity contribution in [2.45, 2.75) is 26.3 Å². The van der Waals surface area contributed by atoms with Crippen LogP contribution in [-0.2, 0) is 9.59 Å². The third-order valence-corrected chi connectivity index (χ3v) is 6.67. The second-order valence-corrected chi connectivity index (χ2v) is 9.42. The van der Waals surface area contributed by atoms with E-state index in [1.165, 1.54) is 17.0 Å². The maximum atomic E-state index is 13.1. The molecule has 1 fully saturated rings. The number of likely N-dealkylation sites (tertiary alicyclic amines) is 1. The molecule has 3 rings (SSSR count). The first-order valence-electron chi connectivity index (χ1n) is 10.5. The van der Waals surface area contributed by atoms with Crippen LogP contribution in [0.1, 0.15) is 37.4 Å². The van der Waals surface area contributed by atoms with Crippen LogP contribution in [0.3, 0.4) is 0 Å². The van der Waals surface area contributed by atoms with Crippen molar-refractivity contribution in [3.63, 3.8) is 0 Å². The molecule has 2 aromatic rings. The van der Waals surface area contributed by atoms with Crippen molar-refractivity contribution in [3.8, 4) is 5.75 Å². The molecule has 2 N–H and O–H groups in total. The lowest BCUT2D eigenvalue weighted by Gasteiger charge is -2.27. The Morgan fingerprint density at radius 1 is 1.06 bits per heavy atom. The van der Waals surface area contributed by atoms with Crippen LogP contribution in [0, 0.1) is 0 Å². The summed E-state index contributed by atoms with van der Waals surface area (Å²) in [5, 5.41) is 21.4. The monoisotopic (exact) mass is 564 g/mol. The van der Waals surface area contributed by atoms with Crippen LogP contribution < -0.4 is 0 Å². The number of aliphatic hydroxyl groups is 1. The molecule has 1 heterocycles. The van der Waals surface area contributed by atoms with E-state index in [4.69, 9.17) is 0 Å². The SMILES string of the molecule is CCN(CC)CCCN1C(=O)C(=O)C(=C(O)c2cc(Br)ccc2O)[C@@H]1c1cccc(Br)c1. The van der Waals surface area contributed by atoms with Gasteiger partial charge in [-0.05, 0) is 62.0 Å². The summed E-state index contributed by atoms with van der Waals surface area (Å²) in [6.07, 6.45) is 0.696. The topological polar surface area (TPSA) is 81.1 Å². The number of hydrogen-bond donors (Lipinski definition) is 2. The Morgan fingerprint density at radius 2 is 1.75 bits per heavy atom. The summed E-state index contributed by atoms with van der Waals surface area (Å²) in [5.41, 5.74) is 0.780. The number of carbonyl (C=O) groups excluding carboxylic acids is 2. The minimum atomic E-state index is -0.755. The fraction of sp³-hybridized carbons (Fsp3) is 0.333. The van der Waals surface area contributed by atoms with Crippen LogP contribution in [-0.4, -0.2) is 57.9 Å². The number of hydrogen-bond acceptors (Lipinski definition) is 5. The number of aromatic hydroxyl groups is 1. The van der Waals surface area contributed by atoms with E-state index in [-0.39, 0.29) is 16.9 Å². The molecule has 0 saturated carbocycles. The Bertz CT molecular complexity index is 1050. The minimum Gasteiger partial charge on any atom is -0.507 e. The maximum Gasteiger partial charge on any atom is 0.295 e. The number of aliphatic hydroxyl groups excluding tert-OH is 1. The smallest absolute Gasteiger partial charge is 0.295 e. The Kier molecular flexibility index (Phi) is 8.14. The molecular weight excluding hydrogens is 540 g/mol. The molecule has 0 aliphatic carbocycles. The summed E-state index contributed by atoms with van der Waals surface area (Å²) >= 11 is 6.78. The number of rotatable bonds is 8. The molecule has 2 aromatic carbocycles. The van der Waals surface area contributed by atoms with Crippen LogP contribution in [0.5, 0.6) is 5.75 Å². The van der Waals surface area contributed by atoms with Gasteiger partial charge in [0.25, 0.3) is 11.7 Å². The third kappa shape index (κ3) is 5.08. The first-order chi connectivity index (χ1) is 15.3. The molecule has 0 radical (unpaired) electrons. The molecule has 1 aliphatic rings. The zero-order valence-corrected chi connectivity index (χ0v) is 21.2. The number of nitrogens with zero attached hydrogens (tertiary/aromatic N) is 2. The van der Waals surface area contributed by atoms with E-state index in [9.17, 15) is 19.8 Å². The highest BCUT2D eigenvalue weighted by Gasteiger charge is 2.46. The van der Waals surface area contributed by atoms with Gasteiger partial charge in [-0.15, -0.1) is 0 Å². The zero-order chi connectivity index (χ0) is 23.4. The molecule has 0 spiro atoms. The van der Waals surface area contributed by atoms with Gasteiger partial charge < -0.3 is 20.0 Å². The number of ketones is 1. The van der Waals surface area contributed by atoms with E-state index in [0.717, 1.165) is 24.1 Å². The van der Waals surface area contributed by atoms with Crippen molar-refractivity contribution in [1.82, 2.24) is 9.80 Å². The molecule has 170 valence electrons. The lowest BCUT2D eigenvalue weighted by atomic mass is 9.95. The number of halogens is 2. The Balaban J connectivity index is 2.08. The van der Waals surface area contributed by atoms with Crippen molar-refractivity contribution in [2.24, 2.45) is 0 Å². The molecule has 1 saturated heterocycles. The maximum absolute atomic E-state index is 13.1. The number of Topliss-reactive ketones (excluding diaryl/α,β-unsaturated/α-hetero) is 1. The van der Waals surface area contributed by atoms with Crippen LogP contribution in [0.2, 0.25) is 0 Å². The lowest BCUT2D eigenvalue weighted by Crippen LogP contribution is -2.33. The molecule has 6 nitrogen and oxygen atoms in total. The van der Waals surface area contributed by atoms with Gasteiger partial charge in [-0.2, -0.15) is 0 Å². The second-order valence-electron chi connectivity index (χ2n) is 7.59. The summed E-state index contributed by atoms with van der Waals surface area (Å²) in [4.78, 5) is 29.9. The van der Waals surface area contributed by atoms with E-state index in [0.29, 0.717) is 23.0 Å². The number of benzene rings is 2. The quantitative estimate of drug-likeness (QED) is 0.265. The average molecular weight is 566 g/mol. The summed E-state index contributed by atoms with van der Waals surface area (Å²) < 4.78 is 1.43. The minimum absolute atomic E-state index is 0.0238. The standard InChI is InChI=1S/C24H26Br2N2O4/c1-3-27(4-2)11-6-12-28-21(15-7-5-8-16(25)13-15)20(23(31)24(28)32)22(30)18-14-17(26)9-10-19(18)29/h5,7-10,13-14,21,29-30H,3-4,6,11-12H2,1-2H3/t21-/m0/s1. The normalized spacial score (nSPS) is 18.0. The zero-order valence-electron chi connectivity index (χ0n) is 18.0. The fourth-order valence-corrected chi connectivity index (χ4v) is 4.76. The molecule has 1 atom stereocenters. The first kappa shape index (κ1) is 24.5. The molecule has 32 heavy (non-hydrogen) atoms. The van der Waals surface area contributed by atoms with Crippen LogP contribution >= 0.6 is 31.9 Å². The van der Waals surface area contributed by atoms with E-state index >= 15 is 0 Å². The van der Waals surface area contributed by atoms with Crippen molar-refractivity contribution in [2.75, 3.05) is 26.2 Å². The van der Waals surface area contributed by atoms with Crippen LogP contribution in [0.15, 0.2) is 57.0 Å². The highest BCUT2D eigenvalue weighted by Crippen LogP contribution is 2.41. The van der Waals surface area contributed by atoms with E-state index < -0.39 is 23.5 Å². The van der Waals surface area contributed by atoms with Gasteiger partial charge in [0, 0.05) is 15.5 Å². The number of carbonyl (C=O) groups is 2. The van der Waals surface area contributed by atoms with Gasteiger partial charge in [-0.3, -0.25) is 9.59 Å². The highest BCUT2D eigenvalue weighted by molar-refractivity contribution is 9.10. The van der Waals surface area contributed by atoms with E-state index in [1.807, 2.05) is 24.3 Å². The van der Waals surface area contributed by atoms with Crippen molar-refractivity contribution in [3.05, 3.63) is 68.1 Å². The number of phenolic OH excluding ortho intramolecular Hbond substituents is 1. The van der Waals surface area contributed by atoms with Gasteiger partial charge in [0.05, 0.1) is 17.2 Å². The van der Waals surface area contributed by atoms with Gasteiger partial charge in [0.1, 0.15) is 11.5 Å². The molecule has 0 aromatic heterocycles. The van der Waals surface area contributed by atoms with E-state index in [2.05, 4.69) is 50.6 Å². The average Bonchev–Trinajstić information content (AvgIpc) is 3.03. The van der Waals surface area contributed by atoms with Crippen molar-refractivity contribution >= 4 is 49.3 Å². The molecule has 1 aliphatic heterocycles. The lowest BCUT2D eigenvalue weighted by molar-refractivity contribution is -0.140. The van der Waals surface area contributed by atoms with Gasteiger partial charge in [0.2, 0.25) is 0 Å². The predicted octanol–water partition coefficient (Wildman–Crippen LogP) is 5.07. The number of phenols is 1. The molecule has 0 unspecified atom stereocenters. The fourth-order valence-electron chi connectivity index (χ4n) is 3.98. The molecular formula is C24H26Br2N2O4. The second kappa shape index (κ2) is 10.6. The van der Waals surface area contributed by atoms with Gasteiger partial charge >= 0.3 is 0 Å². The summed E-state index contributed by atoms with van der Waals surface area (Å²) in [5.74, 6) is -1.97. The largest absolute Gasteiger partial charge is 0.507 e. The third-order valence-electron chi connectivity index (χ3n) is 5.69. The molecule has 8 heteroatoms. The predicted molar refractivity (Wildman–Crippen MR) is 131 cm³/mol. The Hall–Kier alpha value is -2.16. The van der Waals surface area contributed by atoms with Crippen molar-refractivity contribution < 1.29 is 19.8 Å². The van der Waals surface area contributed by atoms with Gasteiger partial charge in [-0.25, -0.2) is 0 Å².